The van der Waals surface area contributed by atoms with Crippen molar-refractivity contribution in [2.45, 2.75) is 19.4 Å². The molecule has 1 rings (SSSR count). The number of hydrogen-bond donors (Lipinski definition) is 2. The molecule has 3 nitrogen and oxygen atoms in total. The number of hydrogen-bond acceptors (Lipinski definition) is 2. The van der Waals surface area contributed by atoms with Crippen molar-refractivity contribution in [3.63, 3.8) is 0 Å². The van der Waals surface area contributed by atoms with Crippen molar-refractivity contribution in [3.8, 4) is 0 Å². The van der Waals surface area contributed by atoms with Gasteiger partial charge in [0.2, 0.25) is 5.91 Å². The first-order valence-electron chi connectivity index (χ1n) is 4.66. The van der Waals surface area contributed by atoms with Crippen molar-refractivity contribution in [1.82, 2.24) is 0 Å². The first kappa shape index (κ1) is 13.6. The second-order valence-electron chi connectivity index (χ2n) is 3.25. The van der Waals surface area contributed by atoms with Gasteiger partial charge < -0.3 is 11.1 Å². The maximum Gasteiger partial charge on any atom is 0.241 e. The largest absolute Gasteiger partial charge is 0.322 e. The summed E-state index contributed by atoms with van der Waals surface area (Å²) in [6.45, 7) is 1.81. The molecule has 0 unspecified atom stereocenters. The first-order valence-corrected chi connectivity index (χ1v) is 5.80. The molecule has 0 aliphatic rings. The Morgan fingerprint density at radius 1 is 1.38 bits per heavy atom. The van der Waals surface area contributed by atoms with E-state index in [0.29, 0.717) is 17.1 Å². The third-order valence-corrected chi connectivity index (χ3v) is 2.85. The molecule has 3 N–H and O–H groups in total. The topological polar surface area (TPSA) is 55.1 Å². The van der Waals surface area contributed by atoms with Gasteiger partial charge in [0.1, 0.15) is 0 Å². The van der Waals surface area contributed by atoms with Crippen LogP contribution in [0.5, 0.6) is 0 Å². The lowest BCUT2D eigenvalue weighted by Crippen LogP contribution is -2.34. The summed E-state index contributed by atoms with van der Waals surface area (Å²) >= 11 is 17.5. The molecule has 0 spiro atoms. The summed E-state index contributed by atoms with van der Waals surface area (Å²) in [5.74, 6) is -0.325. The number of rotatable bonds is 3. The van der Waals surface area contributed by atoms with Gasteiger partial charge in [-0.1, -0.05) is 41.7 Å². The summed E-state index contributed by atoms with van der Waals surface area (Å²) in [4.78, 5) is 11.5. The van der Waals surface area contributed by atoms with Crippen LogP contribution in [0.2, 0.25) is 15.1 Å². The smallest absolute Gasteiger partial charge is 0.241 e. The molecule has 0 radical (unpaired) electrons. The number of carbonyl (C=O) groups excluding carboxylic acids is 1. The number of carbonyl (C=O) groups is 1. The van der Waals surface area contributed by atoms with Crippen molar-refractivity contribution >= 4 is 46.4 Å². The summed E-state index contributed by atoms with van der Waals surface area (Å²) in [6, 6.07) is 2.42. The maximum absolute atomic E-state index is 11.5. The standard InChI is InChI=1S/C10H11Cl3N2O/c1-2-8(14)10(16)15-9-6(12)3-5(11)4-7(9)13/h3-4,8H,2,14H2,1H3,(H,15,16)/t8-/m1/s1. The third-order valence-electron chi connectivity index (χ3n) is 2.03. The minimum absolute atomic E-state index is 0.286. The normalized spacial score (nSPS) is 12.3. The fourth-order valence-electron chi connectivity index (χ4n) is 1.06. The molecular weight excluding hydrogens is 270 g/mol. The summed E-state index contributed by atoms with van der Waals surface area (Å²) in [6.07, 6.45) is 0.536. The van der Waals surface area contributed by atoms with E-state index in [1.807, 2.05) is 6.92 Å². The van der Waals surface area contributed by atoms with Crippen molar-refractivity contribution in [2.24, 2.45) is 5.73 Å². The van der Waals surface area contributed by atoms with E-state index >= 15 is 0 Å². The Bertz CT molecular complexity index is 386. The molecule has 1 aromatic carbocycles. The predicted octanol–water partition coefficient (Wildman–Crippen LogP) is 3.32. The SMILES string of the molecule is CC[C@@H](N)C(=O)Nc1c(Cl)cc(Cl)cc1Cl. The monoisotopic (exact) mass is 280 g/mol. The van der Waals surface area contributed by atoms with E-state index in [9.17, 15) is 4.79 Å². The minimum atomic E-state index is -0.581. The van der Waals surface area contributed by atoms with Crippen molar-refractivity contribution in [2.75, 3.05) is 5.32 Å². The lowest BCUT2D eigenvalue weighted by atomic mass is 10.2. The lowest BCUT2D eigenvalue weighted by Gasteiger charge is -2.12. The van der Waals surface area contributed by atoms with Crippen LogP contribution in [0.4, 0.5) is 5.69 Å². The Balaban J connectivity index is 2.93. The van der Waals surface area contributed by atoms with Gasteiger partial charge in [-0.05, 0) is 18.6 Å². The molecule has 0 aromatic heterocycles. The van der Waals surface area contributed by atoms with Crippen LogP contribution in [-0.4, -0.2) is 11.9 Å². The van der Waals surface area contributed by atoms with Gasteiger partial charge in [0, 0.05) is 5.02 Å². The number of amides is 1. The summed E-state index contributed by atoms with van der Waals surface area (Å²) < 4.78 is 0. The highest BCUT2D eigenvalue weighted by molar-refractivity contribution is 6.42. The molecule has 1 atom stereocenters. The third kappa shape index (κ3) is 3.25. The summed E-state index contributed by atoms with van der Waals surface area (Å²) in [7, 11) is 0. The van der Waals surface area contributed by atoms with Crippen LogP contribution >= 0.6 is 34.8 Å². The molecule has 0 heterocycles. The Hall–Kier alpha value is -0.480. The molecule has 0 bridgehead atoms. The minimum Gasteiger partial charge on any atom is -0.322 e. The Morgan fingerprint density at radius 3 is 2.31 bits per heavy atom. The van der Waals surface area contributed by atoms with E-state index in [2.05, 4.69) is 5.32 Å². The van der Waals surface area contributed by atoms with Crippen LogP contribution in [0.25, 0.3) is 0 Å². The zero-order chi connectivity index (χ0) is 12.3. The van der Waals surface area contributed by atoms with Crippen LogP contribution in [-0.2, 0) is 4.79 Å². The molecule has 1 aromatic rings. The number of benzene rings is 1. The Morgan fingerprint density at radius 2 is 1.88 bits per heavy atom. The highest BCUT2D eigenvalue weighted by atomic mass is 35.5. The van der Waals surface area contributed by atoms with Crippen LogP contribution in [0.3, 0.4) is 0 Å². The van der Waals surface area contributed by atoms with Gasteiger partial charge in [-0.3, -0.25) is 4.79 Å². The van der Waals surface area contributed by atoms with Gasteiger partial charge in [0.15, 0.2) is 0 Å². The van der Waals surface area contributed by atoms with E-state index in [-0.39, 0.29) is 16.0 Å². The quantitative estimate of drug-likeness (QED) is 0.893. The second kappa shape index (κ2) is 5.73. The van der Waals surface area contributed by atoms with Crippen LogP contribution in [0.1, 0.15) is 13.3 Å². The maximum atomic E-state index is 11.5. The number of anilines is 1. The molecule has 0 saturated carbocycles. The fourth-order valence-corrected chi connectivity index (χ4v) is 1.97. The van der Waals surface area contributed by atoms with Crippen LogP contribution < -0.4 is 11.1 Å². The molecule has 0 saturated heterocycles. The van der Waals surface area contributed by atoms with Gasteiger partial charge in [-0.15, -0.1) is 0 Å². The summed E-state index contributed by atoms with van der Waals surface area (Å²) in [5.41, 5.74) is 5.90. The van der Waals surface area contributed by atoms with Gasteiger partial charge >= 0.3 is 0 Å². The number of nitrogens with one attached hydrogen (secondary N) is 1. The molecule has 6 heteroatoms. The van der Waals surface area contributed by atoms with Gasteiger partial charge in [0.25, 0.3) is 0 Å². The van der Waals surface area contributed by atoms with E-state index < -0.39 is 6.04 Å². The molecule has 88 valence electrons. The van der Waals surface area contributed by atoms with Crippen molar-refractivity contribution in [1.29, 1.82) is 0 Å². The Labute approximate surface area is 109 Å². The molecule has 16 heavy (non-hydrogen) atoms. The van der Waals surface area contributed by atoms with E-state index in [4.69, 9.17) is 40.5 Å². The first-order chi connectivity index (χ1) is 7.45. The molecule has 0 aliphatic carbocycles. The average Bonchev–Trinajstić information content (AvgIpc) is 2.21. The predicted molar refractivity (Wildman–Crippen MR) is 68.4 cm³/mol. The Kier molecular flexibility index (Phi) is 4.87. The van der Waals surface area contributed by atoms with Crippen LogP contribution in [0.15, 0.2) is 12.1 Å². The molecule has 0 aliphatic heterocycles. The lowest BCUT2D eigenvalue weighted by molar-refractivity contribution is -0.117. The van der Waals surface area contributed by atoms with E-state index in [0.717, 1.165) is 0 Å². The number of nitrogens with two attached hydrogens (primary N) is 1. The van der Waals surface area contributed by atoms with E-state index in [1.54, 1.807) is 0 Å². The molecule has 1 amide bonds. The van der Waals surface area contributed by atoms with Crippen molar-refractivity contribution in [3.05, 3.63) is 27.2 Å². The van der Waals surface area contributed by atoms with Gasteiger partial charge in [-0.2, -0.15) is 0 Å². The molecular formula is C10H11Cl3N2O. The van der Waals surface area contributed by atoms with E-state index in [1.165, 1.54) is 12.1 Å². The van der Waals surface area contributed by atoms with Crippen LogP contribution in [0, 0.1) is 0 Å². The number of halogens is 3. The zero-order valence-electron chi connectivity index (χ0n) is 8.56. The fraction of sp³-hybridized carbons (Fsp3) is 0.300. The van der Waals surface area contributed by atoms with Crippen molar-refractivity contribution < 1.29 is 4.79 Å². The molecule has 0 fully saturated rings. The highest BCUT2D eigenvalue weighted by Gasteiger charge is 2.15. The van der Waals surface area contributed by atoms with Gasteiger partial charge in [-0.25, -0.2) is 0 Å². The highest BCUT2D eigenvalue weighted by Crippen LogP contribution is 2.33. The zero-order valence-corrected chi connectivity index (χ0v) is 10.8. The van der Waals surface area contributed by atoms with Gasteiger partial charge in [0.05, 0.1) is 21.8 Å². The average molecular weight is 282 g/mol. The second-order valence-corrected chi connectivity index (χ2v) is 4.50. The summed E-state index contributed by atoms with van der Waals surface area (Å²) in [5, 5.41) is 3.55.